The van der Waals surface area contributed by atoms with Crippen LogP contribution in [-0.4, -0.2) is 47.8 Å². The molecule has 5 nitrogen and oxygen atoms in total. The zero-order chi connectivity index (χ0) is 21.1. The molecule has 0 radical (unpaired) electrons. The van der Waals surface area contributed by atoms with Crippen molar-refractivity contribution in [3.05, 3.63) is 46.1 Å². The molecule has 0 unspecified atom stereocenters. The minimum absolute atomic E-state index is 0.0181. The fourth-order valence-electron chi connectivity index (χ4n) is 4.32. The van der Waals surface area contributed by atoms with Gasteiger partial charge in [-0.15, -0.1) is 0 Å². The van der Waals surface area contributed by atoms with Crippen LogP contribution in [0.1, 0.15) is 49.1 Å². The Morgan fingerprint density at radius 3 is 2.27 bits per heavy atom. The molecule has 0 saturated carbocycles. The van der Waals surface area contributed by atoms with E-state index in [0.29, 0.717) is 47.3 Å². The molecule has 30 heavy (non-hydrogen) atoms. The number of furan rings is 1. The van der Waals surface area contributed by atoms with Gasteiger partial charge >= 0.3 is 0 Å². The van der Waals surface area contributed by atoms with Crippen molar-refractivity contribution in [3.8, 4) is 11.3 Å². The quantitative estimate of drug-likeness (QED) is 0.621. The first-order valence-corrected chi connectivity index (χ1v) is 11.4. The molecule has 7 heteroatoms. The number of benzene rings is 1. The van der Waals surface area contributed by atoms with Gasteiger partial charge in [0.2, 0.25) is 5.91 Å². The highest BCUT2D eigenvalue weighted by molar-refractivity contribution is 6.35. The van der Waals surface area contributed by atoms with Crippen LogP contribution in [0.2, 0.25) is 10.0 Å². The van der Waals surface area contributed by atoms with Crippen LogP contribution in [0.5, 0.6) is 0 Å². The van der Waals surface area contributed by atoms with Crippen molar-refractivity contribution < 1.29 is 14.0 Å². The first-order valence-electron chi connectivity index (χ1n) is 10.7. The van der Waals surface area contributed by atoms with Crippen LogP contribution in [0, 0.1) is 5.92 Å². The van der Waals surface area contributed by atoms with Crippen molar-refractivity contribution in [2.45, 2.75) is 38.5 Å². The summed E-state index contributed by atoms with van der Waals surface area (Å²) in [6.45, 7) is 2.88. The van der Waals surface area contributed by atoms with E-state index in [1.165, 1.54) is 12.8 Å². The molecule has 2 saturated heterocycles. The summed E-state index contributed by atoms with van der Waals surface area (Å²) >= 11 is 12.3. The molecule has 2 aliphatic heterocycles. The average molecular weight is 449 g/mol. The van der Waals surface area contributed by atoms with Crippen LogP contribution in [0.25, 0.3) is 11.3 Å². The molecule has 0 N–H and O–H groups in total. The van der Waals surface area contributed by atoms with Gasteiger partial charge in [0.05, 0.1) is 5.02 Å². The Hall–Kier alpha value is -1.98. The van der Waals surface area contributed by atoms with Gasteiger partial charge in [0, 0.05) is 42.7 Å². The number of hydrogen-bond acceptors (Lipinski definition) is 3. The number of halogens is 2. The number of nitrogens with zero attached hydrogens (tertiary/aromatic N) is 2. The first-order chi connectivity index (χ1) is 14.5. The van der Waals surface area contributed by atoms with Crippen molar-refractivity contribution in [2.24, 2.45) is 5.92 Å². The molecule has 2 amide bonds. The Morgan fingerprint density at radius 1 is 0.867 bits per heavy atom. The summed E-state index contributed by atoms with van der Waals surface area (Å²) in [6.07, 6.45) is 6.02. The molecule has 0 aliphatic carbocycles. The predicted molar refractivity (Wildman–Crippen MR) is 118 cm³/mol. The Balaban J connectivity index is 1.37. The number of hydrogen-bond donors (Lipinski definition) is 0. The third kappa shape index (κ3) is 4.68. The van der Waals surface area contributed by atoms with Gasteiger partial charge in [0.15, 0.2) is 5.76 Å². The van der Waals surface area contributed by atoms with Gasteiger partial charge in [-0.25, -0.2) is 0 Å². The standard InChI is InChI=1S/C23H26Cl2N2O3/c24-17-5-6-19(25)18(15-17)20-7-8-21(30-20)23(29)27-13-9-16(10-14-27)22(28)26-11-3-1-2-4-12-26/h5-8,15-16H,1-4,9-14H2. The van der Waals surface area contributed by atoms with Crippen LogP contribution >= 0.6 is 23.2 Å². The maximum Gasteiger partial charge on any atom is 0.289 e. The molecule has 160 valence electrons. The van der Waals surface area contributed by atoms with E-state index in [1.807, 2.05) is 4.90 Å². The topological polar surface area (TPSA) is 53.8 Å². The summed E-state index contributed by atoms with van der Waals surface area (Å²) in [5.74, 6) is 0.917. The number of amides is 2. The lowest BCUT2D eigenvalue weighted by Gasteiger charge is -2.33. The van der Waals surface area contributed by atoms with Crippen molar-refractivity contribution in [2.75, 3.05) is 26.2 Å². The van der Waals surface area contributed by atoms with Crippen LogP contribution in [0.15, 0.2) is 34.7 Å². The number of carbonyl (C=O) groups excluding carboxylic acids is 2. The SMILES string of the molecule is O=C(c1ccc(-c2cc(Cl)ccc2Cl)o1)N1CCC(C(=O)N2CCCCCC2)CC1. The van der Waals surface area contributed by atoms with Gasteiger partial charge < -0.3 is 14.2 Å². The van der Waals surface area contributed by atoms with E-state index in [-0.39, 0.29) is 23.5 Å². The molecule has 2 aliphatic rings. The summed E-state index contributed by atoms with van der Waals surface area (Å²) in [4.78, 5) is 29.6. The summed E-state index contributed by atoms with van der Waals surface area (Å²) in [7, 11) is 0. The Morgan fingerprint density at radius 2 is 1.57 bits per heavy atom. The number of rotatable bonds is 3. The van der Waals surface area contributed by atoms with Crippen LogP contribution in [0.3, 0.4) is 0 Å². The third-order valence-corrected chi connectivity index (χ3v) is 6.62. The summed E-state index contributed by atoms with van der Waals surface area (Å²) in [5.41, 5.74) is 0.657. The van der Waals surface area contributed by atoms with Crippen molar-refractivity contribution in [3.63, 3.8) is 0 Å². The Labute approximate surface area is 186 Å². The molecule has 4 rings (SSSR count). The highest BCUT2D eigenvalue weighted by Crippen LogP contribution is 2.32. The minimum Gasteiger partial charge on any atom is -0.451 e. The summed E-state index contributed by atoms with van der Waals surface area (Å²) < 4.78 is 5.79. The molecule has 0 bridgehead atoms. The lowest BCUT2D eigenvalue weighted by molar-refractivity contribution is -0.136. The maximum absolute atomic E-state index is 12.9. The molecular weight excluding hydrogens is 423 g/mol. The second kappa shape index (κ2) is 9.44. The zero-order valence-corrected chi connectivity index (χ0v) is 18.4. The van der Waals surface area contributed by atoms with Gasteiger partial charge in [0.1, 0.15) is 5.76 Å². The van der Waals surface area contributed by atoms with Gasteiger partial charge in [-0.05, 0) is 56.0 Å². The van der Waals surface area contributed by atoms with E-state index in [1.54, 1.807) is 35.2 Å². The molecule has 1 aromatic carbocycles. The van der Waals surface area contributed by atoms with E-state index in [9.17, 15) is 9.59 Å². The largest absolute Gasteiger partial charge is 0.451 e. The van der Waals surface area contributed by atoms with E-state index in [0.717, 1.165) is 25.9 Å². The number of likely N-dealkylation sites (tertiary alicyclic amines) is 2. The Bertz CT molecular complexity index is 911. The number of piperidine rings is 1. The monoisotopic (exact) mass is 448 g/mol. The van der Waals surface area contributed by atoms with Crippen LogP contribution in [0.4, 0.5) is 0 Å². The predicted octanol–water partition coefficient (Wildman–Crippen LogP) is 5.51. The van der Waals surface area contributed by atoms with Crippen molar-refractivity contribution >= 4 is 35.0 Å². The fraction of sp³-hybridized carbons (Fsp3) is 0.478. The second-order valence-corrected chi connectivity index (χ2v) is 8.94. The zero-order valence-electron chi connectivity index (χ0n) is 16.9. The summed E-state index contributed by atoms with van der Waals surface area (Å²) in [5, 5.41) is 1.07. The van der Waals surface area contributed by atoms with E-state index in [2.05, 4.69) is 0 Å². The average Bonchev–Trinajstić information content (AvgIpc) is 3.09. The lowest BCUT2D eigenvalue weighted by atomic mass is 9.95. The fourth-order valence-corrected chi connectivity index (χ4v) is 4.70. The highest BCUT2D eigenvalue weighted by atomic mass is 35.5. The normalized spacial score (nSPS) is 18.3. The van der Waals surface area contributed by atoms with E-state index < -0.39 is 0 Å². The molecule has 2 fully saturated rings. The van der Waals surface area contributed by atoms with Crippen molar-refractivity contribution in [1.29, 1.82) is 0 Å². The smallest absolute Gasteiger partial charge is 0.289 e. The van der Waals surface area contributed by atoms with E-state index in [4.69, 9.17) is 27.6 Å². The summed E-state index contributed by atoms with van der Waals surface area (Å²) in [6, 6.07) is 8.54. The van der Waals surface area contributed by atoms with Crippen LogP contribution in [-0.2, 0) is 4.79 Å². The lowest BCUT2D eigenvalue weighted by Crippen LogP contribution is -2.44. The highest BCUT2D eigenvalue weighted by Gasteiger charge is 2.31. The van der Waals surface area contributed by atoms with Gasteiger partial charge in [-0.1, -0.05) is 36.0 Å². The number of carbonyl (C=O) groups is 2. The molecule has 2 aromatic rings. The van der Waals surface area contributed by atoms with Gasteiger partial charge in [0.25, 0.3) is 5.91 Å². The molecule has 3 heterocycles. The molecule has 0 spiro atoms. The minimum atomic E-state index is -0.153. The molecule has 0 atom stereocenters. The second-order valence-electron chi connectivity index (χ2n) is 8.09. The van der Waals surface area contributed by atoms with Crippen molar-refractivity contribution in [1.82, 2.24) is 9.80 Å². The van der Waals surface area contributed by atoms with Gasteiger partial charge in [-0.2, -0.15) is 0 Å². The van der Waals surface area contributed by atoms with Gasteiger partial charge in [-0.3, -0.25) is 9.59 Å². The molecular formula is C23H26Cl2N2O3. The third-order valence-electron chi connectivity index (χ3n) is 6.06. The van der Waals surface area contributed by atoms with Crippen LogP contribution < -0.4 is 0 Å². The Kier molecular flexibility index (Phi) is 6.69. The maximum atomic E-state index is 12.9. The van der Waals surface area contributed by atoms with E-state index >= 15 is 0 Å². The molecule has 1 aromatic heterocycles. The first kappa shape index (κ1) is 21.3.